The highest BCUT2D eigenvalue weighted by atomic mass is 16.7. The lowest BCUT2D eigenvalue weighted by atomic mass is 9.98. The number of esters is 5. The van der Waals surface area contributed by atoms with E-state index in [-0.39, 0.29) is 23.7 Å². The highest BCUT2D eigenvalue weighted by Crippen LogP contribution is 2.32. The van der Waals surface area contributed by atoms with Crippen molar-refractivity contribution in [2.24, 2.45) is 0 Å². The number of carbonyl (C=O) groups excluding carboxylic acids is 5. The van der Waals surface area contributed by atoms with Crippen LogP contribution in [0.25, 0.3) is 0 Å². The molecular formula is C29H32O13. The average molecular weight is 589 g/mol. The van der Waals surface area contributed by atoms with E-state index >= 15 is 0 Å². The molecule has 0 amide bonds. The van der Waals surface area contributed by atoms with Crippen molar-refractivity contribution in [3.63, 3.8) is 0 Å². The summed E-state index contributed by atoms with van der Waals surface area (Å²) >= 11 is 0. The molecule has 1 fully saturated rings. The molecule has 1 aliphatic rings. The van der Waals surface area contributed by atoms with E-state index in [1.807, 2.05) is 18.2 Å². The first-order chi connectivity index (χ1) is 20.0. The van der Waals surface area contributed by atoms with Crippen molar-refractivity contribution in [1.29, 1.82) is 0 Å². The van der Waals surface area contributed by atoms with Gasteiger partial charge in [0.25, 0.3) is 0 Å². The van der Waals surface area contributed by atoms with Crippen LogP contribution in [0.3, 0.4) is 0 Å². The summed E-state index contributed by atoms with van der Waals surface area (Å²) < 4.78 is 43.9. The Hall–Kier alpha value is -4.65. The lowest BCUT2D eigenvalue weighted by Crippen LogP contribution is -2.63. The van der Waals surface area contributed by atoms with Gasteiger partial charge in [-0.3, -0.25) is 19.2 Å². The van der Waals surface area contributed by atoms with Gasteiger partial charge in [-0.25, -0.2) is 4.79 Å². The Kier molecular flexibility index (Phi) is 11.3. The summed E-state index contributed by atoms with van der Waals surface area (Å²) in [5.41, 5.74) is 0.797. The van der Waals surface area contributed by atoms with Crippen LogP contribution in [0.5, 0.6) is 11.5 Å². The van der Waals surface area contributed by atoms with Crippen LogP contribution in [0.4, 0.5) is 0 Å². The smallest absolute Gasteiger partial charge is 0.342 e. The third kappa shape index (κ3) is 8.93. The van der Waals surface area contributed by atoms with Gasteiger partial charge >= 0.3 is 29.8 Å². The van der Waals surface area contributed by atoms with Gasteiger partial charge in [0.1, 0.15) is 36.4 Å². The van der Waals surface area contributed by atoms with Crippen molar-refractivity contribution in [2.45, 2.75) is 65.0 Å². The minimum absolute atomic E-state index is 0.00754. The molecule has 226 valence electrons. The van der Waals surface area contributed by atoms with Crippen LogP contribution < -0.4 is 9.47 Å². The van der Waals surface area contributed by atoms with E-state index in [1.54, 1.807) is 12.1 Å². The van der Waals surface area contributed by atoms with Crippen LogP contribution in [0, 0.1) is 0 Å². The number of hydrogen-bond acceptors (Lipinski definition) is 13. The fourth-order valence-electron chi connectivity index (χ4n) is 4.14. The van der Waals surface area contributed by atoms with E-state index < -0.39 is 67.2 Å². The second-order valence-electron chi connectivity index (χ2n) is 9.11. The molecule has 13 heteroatoms. The Labute approximate surface area is 241 Å². The number of benzene rings is 2. The van der Waals surface area contributed by atoms with Crippen LogP contribution in [0.15, 0.2) is 48.5 Å². The van der Waals surface area contributed by atoms with Gasteiger partial charge in [0, 0.05) is 27.7 Å². The molecule has 0 aromatic heterocycles. The quantitative estimate of drug-likeness (QED) is 0.279. The Morgan fingerprint density at radius 3 is 1.95 bits per heavy atom. The van der Waals surface area contributed by atoms with Crippen molar-refractivity contribution in [3.05, 3.63) is 59.7 Å². The largest absolute Gasteiger partial charge is 0.496 e. The van der Waals surface area contributed by atoms with Crippen molar-refractivity contribution in [1.82, 2.24) is 0 Å². The molecule has 2 aromatic rings. The maximum atomic E-state index is 13.0. The van der Waals surface area contributed by atoms with E-state index in [0.717, 1.165) is 26.3 Å². The van der Waals surface area contributed by atoms with E-state index in [9.17, 15) is 24.0 Å². The highest BCUT2D eigenvalue weighted by molar-refractivity contribution is 5.93. The van der Waals surface area contributed by atoms with Crippen LogP contribution >= 0.6 is 0 Å². The Morgan fingerprint density at radius 2 is 1.36 bits per heavy atom. The van der Waals surface area contributed by atoms with Crippen LogP contribution in [-0.4, -0.2) is 74.3 Å². The first kappa shape index (κ1) is 31.9. The molecule has 0 aliphatic carbocycles. The zero-order valence-electron chi connectivity index (χ0n) is 23.7. The summed E-state index contributed by atoms with van der Waals surface area (Å²) in [4.78, 5) is 60.5. The topological polar surface area (TPSA) is 159 Å². The first-order valence-corrected chi connectivity index (χ1v) is 12.8. The van der Waals surface area contributed by atoms with E-state index in [1.165, 1.54) is 32.2 Å². The second-order valence-corrected chi connectivity index (χ2v) is 9.11. The predicted molar refractivity (Wildman–Crippen MR) is 141 cm³/mol. The normalized spacial score (nSPS) is 21.3. The van der Waals surface area contributed by atoms with Crippen LogP contribution in [-0.2, 0) is 54.2 Å². The minimum atomic E-state index is -1.48. The van der Waals surface area contributed by atoms with Crippen LogP contribution in [0.2, 0.25) is 0 Å². The van der Waals surface area contributed by atoms with Crippen LogP contribution in [0.1, 0.15) is 43.6 Å². The SMILES string of the molecule is COc1ccc(OC2OC(COC(C)=O)C(OC(C)=O)C(OC(C)=O)C2OC(C)=O)cc1C(=O)OCc1ccccc1. The number of rotatable bonds is 11. The molecule has 0 N–H and O–H groups in total. The fourth-order valence-corrected chi connectivity index (χ4v) is 4.14. The van der Waals surface area contributed by atoms with Gasteiger partial charge in [-0.2, -0.15) is 0 Å². The molecule has 42 heavy (non-hydrogen) atoms. The molecule has 5 atom stereocenters. The molecule has 0 spiro atoms. The standard InChI is InChI=1S/C29H32O13/c1-16(30)36-15-24-25(38-17(2)31)26(39-18(3)32)27(40-19(4)33)29(42-24)41-21-11-12-23(35-5)22(13-21)28(34)37-14-20-9-7-6-8-10-20/h6-13,24-27,29H,14-15H2,1-5H3. The second kappa shape index (κ2) is 14.8. The van der Waals surface area contributed by atoms with Gasteiger partial charge < -0.3 is 37.9 Å². The summed E-state index contributed by atoms with van der Waals surface area (Å²) in [6.07, 6.45) is -6.88. The fraction of sp³-hybridized carbons (Fsp3) is 0.414. The molecule has 2 aromatic carbocycles. The molecule has 0 bridgehead atoms. The summed E-state index contributed by atoms with van der Waals surface area (Å²) in [7, 11) is 1.38. The van der Waals surface area contributed by atoms with Gasteiger partial charge in [-0.1, -0.05) is 30.3 Å². The first-order valence-electron chi connectivity index (χ1n) is 12.8. The summed E-state index contributed by atoms with van der Waals surface area (Å²) in [6, 6.07) is 13.3. The van der Waals surface area contributed by atoms with Crippen molar-refractivity contribution in [2.75, 3.05) is 13.7 Å². The maximum Gasteiger partial charge on any atom is 0.342 e. The predicted octanol–water partition coefficient (Wildman–Crippen LogP) is 2.51. The molecule has 0 radical (unpaired) electrons. The molecule has 1 saturated heterocycles. The summed E-state index contributed by atoms with van der Waals surface area (Å²) in [6.45, 7) is 4.09. The number of hydrogen-bond donors (Lipinski definition) is 0. The van der Waals surface area contributed by atoms with Crippen molar-refractivity contribution in [3.8, 4) is 11.5 Å². The van der Waals surface area contributed by atoms with E-state index in [2.05, 4.69) is 0 Å². The number of carbonyl (C=O) groups is 5. The Bertz CT molecular complexity index is 1280. The van der Waals surface area contributed by atoms with E-state index in [0.29, 0.717) is 0 Å². The number of methoxy groups -OCH3 is 1. The molecular weight excluding hydrogens is 556 g/mol. The molecule has 0 saturated carbocycles. The lowest BCUT2D eigenvalue weighted by molar-refractivity contribution is -0.288. The molecule has 1 aliphatic heterocycles. The average Bonchev–Trinajstić information content (AvgIpc) is 2.93. The van der Waals surface area contributed by atoms with Gasteiger partial charge in [0.05, 0.1) is 7.11 Å². The Balaban J connectivity index is 1.94. The number of ether oxygens (including phenoxy) is 8. The van der Waals surface area contributed by atoms with E-state index in [4.69, 9.17) is 37.9 Å². The van der Waals surface area contributed by atoms with Gasteiger partial charge in [-0.05, 0) is 23.8 Å². The monoisotopic (exact) mass is 588 g/mol. The molecule has 13 nitrogen and oxygen atoms in total. The Morgan fingerprint density at radius 1 is 0.738 bits per heavy atom. The summed E-state index contributed by atoms with van der Waals surface area (Å²) in [5, 5.41) is 0. The third-order valence-corrected chi connectivity index (χ3v) is 5.80. The maximum absolute atomic E-state index is 13.0. The van der Waals surface area contributed by atoms with Gasteiger partial charge in [0.2, 0.25) is 12.4 Å². The van der Waals surface area contributed by atoms with Crippen molar-refractivity contribution >= 4 is 29.8 Å². The highest BCUT2D eigenvalue weighted by Gasteiger charge is 2.53. The van der Waals surface area contributed by atoms with Crippen molar-refractivity contribution < 1.29 is 61.9 Å². The molecule has 1 heterocycles. The zero-order chi connectivity index (χ0) is 30.8. The lowest BCUT2D eigenvalue weighted by Gasteiger charge is -2.43. The van der Waals surface area contributed by atoms with Gasteiger partial charge in [-0.15, -0.1) is 0 Å². The summed E-state index contributed by atoms with van der Waals surface area (Å²) in [5.74, 6) is -3.43. The molecule has 3 rings (SSSR count). The third-order valence-electron chi connectivity index (χ3n) is 5.80. The minimum Gasteiger partial charge on any atom is -0.496 e. The molecule has 5 unspecified atom stereocenters. The zero-order valence-corrected chi connectivity index (χ0v) is 23.7. The van der Waals surface area contributed by atoms with Gasteiger partial charge in [0.15, 0.2) is 12.2 Å².